The smallest absolute Gasteiger partial charge is 0.255 e. The predicted octanol–water partition coefficient (Wildman–Crippen LogP) is 4.34. The van der Waals surface area contributed by atoms with Crippen LogP contribution >= 0.6 is 0 Å². The summed E-state index contributed by atoms with van der Waals surface area (Å²) in [4.78, 5) is 14.6. The van der Waals surface area contributed by atoms with Crippen molar-refractivity contribution in [2.24, 2.45) is 5.73 Å². The van der Waals surface area contributed by atoms with Crippen LogP contribution in [-0.2, 0) is 0 Å². The molecular formula is C21H20F2N2O. The lowest BCUT2D eigenvalue weighted by molar-refractivity contribution is 0.381. The number of allylic oxidation sites excluding steroid dienone is 3. The molecule has 0 aliphatic heterocycles. The third-order valence-electron chi connectivity index (χ3n) is 4.58. The third kappa shape index (κ3) is 3.73. The summed E-state index contributed by atoms with van der Waals surface area (Å²) in [5.74, 6) is -0.579. The molecule has 0 spiro atoms. The van der Waals surface area contributed by atoms with Gasteiger partial charge in [-0.25, -0.2) is 8.78 Å². The average Bonchev–Trinajstić information content (AvgIpc) is 2.59. The van der Waals surface area contributed by atoms with Crippen LogP contribution in [0.4, 0.5) is 8.78 Å². The molecule has 3 nitrogen and oxygen atoms in total. The molecule has 2 atom stereocenters. The Labute approximate surface area is 150 Å². The second-order valence-electron chi connectivity index (χ2n) is 6.50. The molecule has 2 aromatic rings. The molecular weight excluding hydrogens is 334 g/mol. The maximum Gasteiger partial charge on any atom is 0.255 e. The van der Waals surface area contributed by atoms with Crippen molar-refractivity contribution in [3.05, 3.63) is 88.7 Å². The number of pyridine rings is 1. The highest BCUT2D eigenvalue weighted by atomic mass is 19.1. The van der Waals surface area contributed by atoms with Gasteiger partial charge in [0.25, 0.3) is 5.56 Å². The topological polar surface area (TPSA) is 58.9 Å². The molecule has 1 aliphatic rings. The Hall–Kier alpha value is -2.79. The van der Waals surface area contributed by atoms with E-state index in [-0.39, 0.29) is 12.0 Å². The van der Waals surface area contributed by atoms with E-state index >= 15 is 0 Å². The zero-order chi connectivity index (χ0) is 18.8. The molecule has 134 valence electrons. The number of nitrogens with one attached hydrogen (secondary N) is 1. The largest absolute Gasteiger partial charge is 0.329 e. The van der Waals surface area contributed by atoms with E-state index in [1.54, 1.807) is 12.3 Å². The molecule has 5 heteroatoms. The second-order valence-corrected chi connectivity index (χ2v) is 6.50. The number of aromatic nitrogens is 1. The van der Waals surface area contributed by atoms with Crippen LogP contribution in [0.3, 0.4) is 0 Å². The van der Waals surface area contributed by atoms with Crippen molar-refractivity contribution < 1.29 is 8.78 Å². The monoisotopic (exact) mass is 354 g/mol. The third-order valence-corrected chi connectivity index (χ3v) is 4.58. The van der Waals surface area contributed by atoms with Crippen LogP contribution in [0, 0.1) is 0 Å². The number of hydrogen-bond donors (Lipinski definition) is 2. The Morgan fingerprint density at radius 1 is 1.35 bits per heavy atom. The van der Waals surface area contributed by atoms with Crippen molar-refractivity contribution in [1.82, 2.24) is 4.98 Å². The number of nitrogens with two attached hydrogens (primary N) is 1. The highest BCUT2D eigenvalue weighted by Crippen LogP contribution is 2.29. The lowest BCUT2D eigenvalue weighted by atomic mass is 9.89. The molecule has 26 heavy (non-hydrogen) atoms. The van der Waals surface area contributed by atoms with Crippen LogP contribution in [0.25, 0.3) is 16.3 Å². The van der Waals surface area contributed by atoms with Gasteiger partial charge in [-0.15, -0.1) is 0 Å². The zero-order valence-corrected chi connectivity index (χ0v) is 14.3. The van der Waals surface area contributed by atoms with Gasteiger partial charge in [0.1, 0.15) is 12.0 Å². The van der Waals surface area contributed by atoms with Gasteiger partial charge in [-0.2, -0.15) is 0 Å². The highest BCUT2D eigenvalue weighted by molar-refractivity contribution is 5.88. The minimum absolute atomic E-state index is 0.131. The predicted molar refractivity (Wildman–Crippen MR) is 102 cm³/mol. The summed E-state index contributed by atoms with van der Waals surface area (Å²) in [6, 6.07) is 6.73. The summed E-state index contributed by atoms with van der Waals surface area (Å²) in [5, 5.41) is 1.37. The summed E-state index contributed by atoms with van der Waals surface area (Å²) < 4.78 is 26.9. The fourth-order valence-corrected chi connectivity index (χ4v) is 3.11. The standard InChI is InChI=1S/C21H20F2N2O/c1-12(16-4-3-15-5-6-25-21(26)19(15)10-16)13(2)20(24)9-14-7-17(22)11-18(23)8-14/h3-7,10-11,18,20H,1-2,8-9,24H2,(H,25,26). The van der Waals surface area contributed by atoms with Gasteiger partial charge in [0.15, 0.2) is 0 Å². The van der Waals surface area contributed by atoms with Crippen LogP contribution in [0.5, 0.6) is 0 Å². The number of halogens is 2. The normalized spacial score (nSPS) is 18.2. The van der Waals surface area contributed by atoms with Crippen LogP contribution in [0.15, 0.2) is 77.5 Å². The Morgan fingerprint density at radius 2 is 2.12 bits per heavy atom. The molecule has 3 N–H and O–H groups in total. The fourth-order valence-electron chi connectivity index (χ4n) is 3.11. The van der Waals surface area contributed by atoms with Gasteiger partial charge in [0.2, 0.25) is 0 Å². The van der Waals surface area contributed by atoms with Crippen molar-refractivity contribution in [2.45, 2.75) is 25.1 Å². The number of aromatic amines is 1. The van der Waals surface area contributed by atoms with Gasteiger partial charge in [-0.05, 0) is 52.8 Å². The molecule has 0 radical (unpaired) electrons. The molecule has 3 rings (SSSR count). The molecule has 0 saturated carbocycles. The number of alkyl halides is 1. The molecule has 2 unspecified atom stereocenters. The summed E-state index contributed by atoms with van der Waals surface area (Å²) in [6.45, 7) is 8.03. The number of fused-ring (bicyclic) bond motifs is 1. The van der Waals surface area contributed by atoms with E-state index in [0.717, 1.165) is 17.0 Å². The van der Waals surface area contributed by atoms with E-state index in [9.17, 15) is 13.6 Å². The van der Waals surface area contributed by atoms with Crippen LogP contribution in [0.2, 0.25) is 0 Å². The van der Waals surface area contributed by atoms with Gasteiger partial charge in [0, 0.05) is 24.0 Å². The van der Waals surface area contributed by atoms with Crippen LogP contribution in [0.1, 0.15) is 18.4 Å². The van der Waals surface area contributed by atoms with Crippen molar-refractivity contribution in [3.63, 3.8) is 0 Å². The first-order valence-corrected chi connectivity index (χ1v) is 8.31. The number of benzene rings is 1. The first kappa shape index (κ1) is 18.0. The van der Waals surface area contributed by atoms with Crippen molar-refractivity contribution in [3.8, 4) is 0 Å². The van der Waals surface area contributed by atoms with Crippen LogP contribution < -0.4 is 11.3 Å². The van der Waals surface area contributed by atoms with E-state index in [4.69, 9.17) is 5.73 Å². The first-order chi connectivity index (χ1) is 12.3. The number of rotatable bonds is 5. The SMILES string of the molecule is C=C(C(=C)C(N)CC1=CC(F)=CC(F)C1)c1ccc2cc[nH]c(=O)c2c1. The Bertz CT molecular complexity index is 1000. The lowest BCUT2D eigenvalue weighted by Crippen LogP contribution is -2.24. The van der Waals surface area contributed by atoms with Gasteiger partial charge < -0.3 is 10.7 Å². The summed E-state index contributed by atoms with van der Waals surface area (Å²) in [7, 11) is 0. The Kier molecular flexibility index (Phi) is 5.00. The maximum atomic E-state index is 13.5. The summed E-state index contributed by atoms with van der Waals surface area (Å²) in [6.07, 6.45) is 2.97. The molecule has 0 saturated heterocycles. The maximum absolute atomic E-state index is 13.5. The summed E-state index contributed by atoms with van der Waals surface area (Å²) in [5.41, 5.74) is 8.52. The molecule has 1 aromatic carbocycles. The average molecular weight is 354 g/mol. The fraction of sp³-hybridized carbons (Fsp3) is 0.190. The van der Waals surface area contributed by atoms with Gasteiger partial charge in [0.05, 0.1) is 0 Å². The zero-order valence-electron chi connectivity index (χ0n) is 14.3. The quantitative estimate of drug-likeness (QED) is 0.785. The van der Waals surface area contributed by atoms with Crippen LogP contribution in [-0.4, -0.2) is 17.2 Å². The second kappa shape index (κ2) is 7.22. The minimum Gasteiger partial charge on any atom is -0.329 e. The summed E-state index contributed by atoms with van der Waals surface area (Å²) >= 11 is 0. The number of hydrogen-bond acceptors (Lipinski definition) is 2. The minimum atomic E-state index is -1.33. The highest BCUT2D eigenvalue weighted by Gasteiger charge is 2.19. The molecule has 1 aliphatic carbocycles. The van der Waals surface area contributed by atoms with E-state index in [0.29, 0.717) is 28.5 Å². The van der Waals surface area contributed by atoms with E-state index < -0.39 is 18.0 Å². The van der Waals surface area contributed by atoms with Gasteiger partial charge >= 0.3 is 0 Å². The molecule has 1 heterocycles. The lowest BCUT2D eigenvalue weighted by Gasteiger charge is -2.21. The molecule has 0 amide bonds. The Morgan fingerprint density at radius 3 is 2.85 bits per heavy atom. The molecule has 0 bridgehead atoms. The van der Waals surface area contributed by atoms with Crippen molar-refractivity contribution in [2.75, 3.05) is 0 Å². The van der Waals surface area contributed by atoms with Crippen molar-refractivity contribution in [1.29, 1.82) is 0 Å². The molecule has 0 fully saturated rings. The first-order valence-electron chi connectivity index (χ1n) is 8.31. The number of H-pyrrole nitrogens is 1. The van der Waals surface area contributed by atoms with Crippen molar-refractivity contribution >= 4 is 16.3 Å². The van der Waals surface area contributed by atoms with Gasteiger partial charge in [-0.3, -0.25) is 4.79 Å². The van der Waals surface area contributed by atoms with E-state index in [1.807, 2.05) is 18.2 Å². The van der Waals surface area contributed by atoms with E-state index in [2.05, 4.69) is 18.1 Å². The van der Waals surface area contributed by atoms with Gasteiger partial charge in [-0.1, -0.05) is 30.9 Å². The molecule has 1 aromatic heterocycles. The van der Waals surface area contributed by atoms with E-state index in [1.165, 1.54) is 6.08 Å². The Balaban J connectivity index is 1.79.